The first kappa shape index (κ1) is 10.4. The number of hydrogen-bond acceptors (Lipinski definition) is 3. The molecule has 14 heavy (non-hydrogen) atoms. The smallest absolute Gasteiger partial charge is 0.414 e. The van der Waals surface area contributed by atoms with Gasteiger partial charge in [-0.05, 0) is 19.1 Å². The molecule has 1 amide bonds. The highest BCUT2D eigenvalue weighted by molar-refractivity contribution is 5.90. The number of nitrogens with two attached hydrogens (primary N) is 1. The van der Waals surface area contributed by atoms with Crippen molar-refractivity contribution in [1.29, 1.82) is 0 Å². The standard InChI is InChI=1S/C10H14N2O2/c1-3-14-10(13)12(2)9-7-5-4-6-8(9)11/h4-7H,3,11H2,1-2H3. The summed E-state index contributed by atoms with van der Waals surface area (Å²) in [5.74, 6) is 0. The van der Waals surface area contributed by atoms with E-state index in [9.17, 15) is 4.79 Å². The van der Waals surface area contributed by atoms with Crippen molar-refractivity contribution in [2.24, 2.45) is 0 Å². The van der Waals surface area contributed by atoms with Crippen LogP contribution in [0.15, 0.2) is 24.3 Å². The lowest BCUT2D eigenvalue weighted by Gasteiger charge is -2.17. The van der Waals surface area contributed by atoms with Gasteiger partial charge in [0, 0.05) is 7.05 Å². The third-order valence-electron chi connectivity index (χ3n) is 1.84. The largest absolute Gasteiger partial charge is 0.449 e. The Morgan fingerprint density at radius 3 is 2.71 bits per heavy atom. The van der Waals surface area contributed by atoms with Crippen molar-refractivity contribution in [1.82, 2.24) is 0 Å². The topological polar surface area (TPSA) is 55.6 Å². The molecular weight excluding hydrogens is 180 g/mol. The van der Waals surface area contributed by atoms with Gasteiger partial charge in [0.1, 0.15) is 0 Å². The normalized spacial score (nSPS) is 9.57. The summed E-state index contributed by atoms with van der Waals surface area (Å²) in [6.07, 6.45) is -0.398. The Bertz CT molecular complexity index is 326. The zero-order chi connectivity index (χ0) is 10.6. The van der Waals surface area contributed by atoms with Crippen LogP contribution in [-0.4, -0.2) is 19.7 Å². The van der Waals surface area contributed by atoms with Crippen LogP contribution in [0.3, 0.4) is 0 Å². The molecule has 1 aromatic rings. The summed E-state index contributed by atoms with van der Waals surface area (Å²) in [6, 6.07) is 7.15. The first-order valence-electron chi connectivity index (χ1n) is 4.41. The van der Waals surface area contributed by atoms with Crippen LogP contribution >= 0.6 is 0 Å². The van der Waals surface area contributed by atoms with Crippen molar-refractivity contribution in [3.63, 3.8) is 0 Å². The third kappa shape index (κ3) is 2.16. The van der Waals surface area contributed by atoms with Gasteiger partial charge in [-0.1, -0.05) is 12.1 Å². The maximum absolute atomic E-state index is 11.3. The van der Waals surface area contributed by atoms with E-state index >= 15 is 0 Å². The van der Waals surface area contributed by atoms with Gasteiger partial charge in [0.05, 0.1) is 18.0 Å². The van der Waals surface area contributed by atoms with Crippen LogP contribution < -0.4 is 10.6 Å². The molecular formula is C10H14N2O2. The summed E-state index contributed by atoms with van der Waals surface area (Å²) in [4.78, 5) is 12.7. The molecule has 0 unspecified atom stereocenters. The van der Waals surface area contributed by atoms with Gasteiger partial charge in [0.25, 0.3) is 0 Å². The molecule has 4 heteroatoms. The molecule has 0 heterocycles. The number of benzene rings is 1. The predicted molar refractivity (Wildman–Crippen MR) is 56.3 cm³/mol. The van der Waals surface area contributed by atoms with E-state index < -0.39 is 6.09 Å². The van der Waals surface area contributed by atoms with Crippen molar-refractivity contribution >= 4 is 17.5 Å². The van der Waals surface area contributed by atoms with Gasteiger partial charge in [-0.3, -0.25) is 4.90 Å². The second-order valence-electron chi connectivity index (χ2n) is 2.82. The molecule has 0 spiro atoms. The average molecular weight is 194 g/mol. The molecule has 0 saturated heterocycles. The lowest BCUT2D eigenvalue weighted by Crippen LogP contribution is -2.27. The number of amides is 1. The van der Waals surface area contributed by atoms with Crippen molar-refractivity contribution in [3.8, 4) is 0 Å². The molecule has 0 radical (unpaired) electrons. The van der Waals surface area contributed by atoms with Crippen molar-refractivity contribution in [2.45, 2.75) is 6.92 Å². The van der Waals surface area contributed by atoms with Crippen molar-refractivity contribution in [3.05, 3.63) is 24.3 Å². The summed E-state index contributed by atoms with van der Waals surface area (Å²) in [5, 5.41) is 0. The number of nitrogens with zero attached hydrogens (tertiary/aromatic N) is 1. The summed E-state index contributed by atoms with van der Waals surface area (Å²) in [5.41, 5.74) is 6.92. The van der Waals surface area contributed by atoms with E-state index in [0.717, 1.165) is 0 Å². The minimum Gasteiger partial charge on any atom is -0.449 e. The molecule has 0 aliphatic carbocycles. The maximum atomic E-state index is 11.3. The first-order valence-corrected chi connectivity index (χ1v) is 4.41. The Morgan fingerprint density at radius 2 is 2.14 bits per heavy atom. The molecule has 0 aromatic heterocycles. The minimum absolute atomic E-state index is 0.357. The van der Waals surface area contributed by atoms with Crippen LogP contribution in [0.2, 0.25) is 0 Å². The van der Waals surface area contributed by atoms with Crippen LogP contribution in [0.4, 0.5) is 16.2 Å². The van der Waals surface area contributed by atoms with E-state index in [0.29, 0.717) is 18.0 Å². The van der Waals surface area contributed by atoms with Crippen LogP contribution in [0.1, 0.15) is 6.92 Å². The second-order valence-corrected chi connectivity index (χ2v) is 2.82. The van der Waals surface area contributed by atoms with Crippen LogP contribution in [0, 0.1) is 0 Å². The Kier molecular flexibility index (Phi) is 3.34. The number of rotatable bonds is 2. The van der Waals surface area contributed by atoms with E-state index in [1.807, 2.05) is 12.1 Å². The van der Waals surface area contributed by atoms with E-state index in [1.54, 1.807) is 26.1 Å². The first-order chi connectivity index (χ1) is 6.66. The summed E-state index contributed by atoms with van der Waals surface area (Å²) >= 11 is 0. The van der Waals surface area contributed by atoms with Gasteiger partial charge in [-0.2, -0.15) is 0 Å². The average Bonchev–Trinajstić information content (AvgIpc) is 2.18. The number of carbonyl (C=O) groups excluding carboxylic acids is 1. The zero-order valence-electron chi connectivity index (χ0n) is 8.36. The maximum Gasteiger partial charge on any atom is 0.414 e. The number of nitrogen functional groups attached to an aromatic ring is 1. The highest BCUT2D eigenvalue weighted by Gasteiger charge is 2.12. The Hall–Kier alpha value is -1.71. The molecule has 0 fully saturated rings. The van der Waals surface area contributed by atoms with E-state index in [-0.39, 0.29) is 0 Å². The van der Waals surface area contributed by atoms with Crippen LogP contribution in [0.25, 0.3) is 0 Å². The third-order valence-corrected chi connectivity index (χ3v) is 1.84. The summed E-state index contributed by atoms with van der Waals surface area (Å²) < 4.78 is 4.84. The highest BCUT2D eigenvalue weighted by atomic mass is 16.6. The van der Waals surface area contributed by atoms with Crippen LogP contribution in [0.5, 0.6) is 0 Å². The van der Waals surface area contributed by atoms with E-state index in [4.69, 9.17) is 10.5 Å². The molecule has 1 aromatic carbocycles. The molecule has 0 aliphatic heterocycles. The minimum atomic E-state index is -0.398. The van der Waals surface area contributed by atoms with Crippen molar-refractivity contribution in [2.75, 3.05) is 24.3 Å². The molecule has 2 N–H and O–H groups in total. The summed E-state index contributed by atoms with van der Waals surface area (Å²) in [7, 11) is 1.63. The zero-order valence-corrected chi connectivity index (χ0v) is 8.36. The Labute approximate surface area is 83.3 Å². The number of para-hydroxylation sites is 2. The van der Waals surface area contributed by atoms with Crippen LogP contribution in [-0.2, 0) is 4.74 Å². The lowest BCUT2D eigenvalue weighted by molar-refractivity contribution is 0.161. The Balaban J connectivity index is 2.84. The molecule has 0 aliphatic rings. The number of carbonyl (C=O) groups is 1. The fourth-order valence-electron chi connectivity index (χ4n) is 1.11. The van der Waals surface area contributed by atoms with E-state index in [2.05, 4.69) is 0 Å². The van der Waals surface area contributed by atoms with Gasteiger partial charge in [-0.25, -0.2) is 4.79 Å². The molecule has 4 nitrogen and oxygen atoms in total. The monoisotopic (exact) mass is 194 g/mol. The predicted octanol–water partition coefficient (Wildman–Crippen LogP) is 1.86. The van der Waals surface area contributed by atoms with E-state index in [1.165, 1.54) is 4.90 Å². The van der Waals surface area contributed by atoms with Gasteiger partial charge in [0.15, 0.2) is 0 Å². The fraction of sp³-hybridized carbons (Fsp3) is 0.300. The highest BCUT2D eigenvalue weighted by Crippen LogP contribution is 2.21. The summed E-state index contributed by atoms with van der Waals surface area (Å²) in [6.45, 7) is 2.12. The number of ether oxygens (including phenoxy) is 1. The number of anilines is 2. The number of hydrogen-bond donors (Lipinski definition) is 1. The molecule has 76 valence electrons. The van der Waals surface area contributed by atoms with Gasteiger partial charge < -0.3 is 10.5 Å². The Morgan fingerprint density at radius 1 is 1.50 bits per heavy atom. The fourth-order valence-corrected chi connectivity index (χ4v) is 1.11. The van der Waals surface area contributed by atoms with Gasteiger partial charge in [-0.15, -0.1) is 0 Å². The van der Waals surface area contributed by atoms with Crippen molar-refractivity contribution < 1.29 is 9.53 Å². The SMILES string of the molecule is CCOC(=O)N(C)c1ccccc1N. The van der Waals surface area contributed by atoms with Gasteiger partial charge in [0.2, 0.25) is 0 Å². The molecule has 1 rings (SSSR count). The lowest BCUT2D eigenvalue weighted by atomic mass is 10.2. The molecule has 0 atom stereocenters. The second kappa shape index (κ2) is 4.50. The molecule has 0 bridgehead atoms. The quantitative estimate of drug-likeness (QED) is 0.731. The molecule has 0 saturated carbocycles. The van der Waals surface area contributed by atoms with Gasteiger partial charge >= 0.3 is 6.09 Å².